The van der Waals surface area contributed by atoms with E-state index in [0.717, 1.165) is 32.7 Å². The highest BCUT2D eigenvalue weighted by atomic mass is 16.2. The molecule has 1 rings (SSSR count). The number of carbonyl (C=O) groups excluding carboxylic acids is 1. The smallest absolute Gasteiger partial charge is 0.235 e. The van der Waals surface area contributed by atoms with Crippen molar-refractivity contribution in [1.82, 2.24) is 20.7 Å². The molecule has 0 aromatic heterocycles. The summed E-state index contributed by atoms with van der Waals surface area (Å²) in [6.07, 6.45) is 0.531. The van der Waals surface area contributed by atoms with E-state index >= 15 is 0 Å². The van der Waals surface area contributed by atoms with Crippen LogP contribution in [-0.4, -0.2) is 61.1 Å². The SMILES string of the molecule is CN1CCN(NC(=O)CCNC(C)(C)C)CC1. The standard InChI is InChI=1S/C12H26N4O/c1-12(2,3)13-6-5-11(17)14-16-9-7-15(4)8-10-16/h13H,5-10H2,1-4H3,(H,14,17). The van der Waals surface area contributed by atoms with Gasteiger partial charge >= 0.3 is 0 Å². The number of piperazine rings is 1. The van der Waals surface area contributed by atoms with E-state index in [4.69, 9.17) is 0 Å². The van der Waals surface area contributed by atoms with Gasteiger partial charge in [0.25, 0.3) is 0 Å². The average Bonchev–Trinajstić information content (AvgIpc) is 2.19. The molecule has 17 heavy (non-hydrogen) atoms. The lowest BCUT2D eigenvalue weighted by molar-refractivity contribution is -0.126. The predicted octanol–water partition coefficient (Wildman–Crippen LogP) is 0.0432. The summed E-state index contributed by atoms with van der Waals surface area (Å²) in [4.78, 5) is 13.9. The number of nitrogens with zero attached hydrogens (tertiary/aromatic N) is 2. The average molecular weight is 242 g/mol. The maximum absolute atomic E-state index is 11.7. The van der Waals surface area contributed by atoms with Crippen LogP contribution in [0.15, 0.2) is 0 Å². The Kier molecular flexibility index (Phi) is 5.36. The predicted molar refractivity (Wildman–Crippen MR) is 69.6 cm³/mol. The maximum Gasteiger partial charge on any atom is 0.235 e. The van der Waals surface area contributed by atoms with Crippen molar-refractivity contribution < 1.29 is 4.79 Å². The highest BCUT2D eigenvalue weighted by Crippen LogP contribution is 1.99. The topological polar surface area (TPSA) is 47.6 Å². The molecule has 1 fully saturated rings. The number of hydrogen-bond acceptors (Lipinski definition) is 4. The van der Waals surface area contributed by atoms with Crippen molar-refractivity contribution in [2.24, 2.45) is 0 Å². The number of likely N-dealkylation sites (N-methyl/N-ethyl adjacent to an activating group) is 1. The van der Waals surface area contributed by atoms with Gasteiger partial charge in [0.05, 0.1) is 0 Å². The first-order valence-electron chi connectivity index (χ1n) is 6.35. The molecular weight excluding hydrogens is 216 g/mol. The van der Waals surface area contributed by atoms with E-state index < -0.39 is 0 Å². The fraction of sp³-hybridized carbons (Fsp3) is 0.917. The molecule has 100 valence electrons. The van der Waals surface area contributed by atoms with Crippen LogP contribution in [0.4, 0.5) is 0 Å². The molecule has 1 amide bonds. The number of rotatable bonds is 4. The summed E-state index contributed by atoms with van der Waals surface area (Å²) in [5, 5.41) is 5.32. The van der Waals surface area contributed by atoms with Crippen molar-refractivity contribution in [3.05, 3.63) is 0 Å². The quantitative estimate of drug-likeness (QED) is 0.731. The van der Waals surface area contributed by atoms with Gasteiger partial charge in [0.1, 0.15) is 0 Å². The molecule has 0 aliphatic carbocycles. The Morgan fingerprint density at radius 3 is 2.29 bits per heavy atom. The van der Waals surface area contributed by atoms with Gasteiger partial charge in [-0.05, 0) is 27.8 Å². The third kappa shape index (κ3) is 6.61. The van der Waals surface area contributed by atoms with Gasteiger partial charge in [-0.1, -0.05) is 0 Å². The van der Waals surface area contributed by atoms with Crippen LogP contribution in [0.1, 0.15) is 27.2 Å². The van der Waals surface area contributed by atoms with Crippen molar-refractivity contribution in [1.29, 1.82) is 0 Å². The van der Waals surface area contributed by atoms with Crippen LogP contribution >= 0.6 is 0 Å². The molecule has 0 bridgehead atoms. The van der Waals surface area contributed by atoms with Crippen LogP contribution in [0.25, 0.3) is 0 Å². The first-order chi connectivity index (χ1) is 7.87. The molecule has 5 nitrogen and oxygen atoms in total. The zero-order valence-corrected chi connectivity index (χ0v) is 11.5. The van der Waals surface area contributed by atoms with Gasteiger partial charge in [-0.3, -0.25) is 10.2 Å². The Morgan fingerprint density at radius 1 is 1.18 bits per heavy atom. The van der Waals surface area contributed by atoms with Crippen LogP contribution in [0.5, 0.6) is 0 Å². The van der Waals surface area contributed by atoms with E-state index in [2.05, 4.69) is 43.5 Å². The number of nitrogens with one attached hydrogen (secondary N) is 2. The molecular formula is C12H26N4O. The van der Waals surface area contributed by atoms with Crippen molar-refractivity contribution in [2.75, 3.05) is 39.8 Å². The normalized spacial score (nSPS) is 19.3. The van der Waals surface area contributed by atoms with Gasteiger partial charge in [0.15, 0.2) is 0 Å². The molecule has 0 aromatic rings. The monoisotopic (exact) mass is 242 g/mol. The van der Waals surface area contributed by atoms with Crippen molar-refractivity contribution in [3.8, 4) is 0 Å². The lowest BCUT2D eigenvalue weighted by Gasteiger charge is -2.32. The Balaban J connectivity index is 2.13. The van der Waals surface area contributed by atoms with E-state index in [9.17, 15) is 4.79 Å². The van der Waals surface area contributed by atoms with Gasteiger partial charge in [-0.15, -0.1) is 0 Å². The van der Waals surface area contributed by atoms with Gasteiger partial charge in [0, 0.05) is 44.7 Å². The van der Waals surface area contributed by atoms with Gasteiger partial charge in [-0.25, -0.2) is 5.01 Å². The molecule has 1 heterocycles. The third-order valence-electron chi connectivity index (χ3n) is 2.79. The summed E-state index contributed by atoms with van der Waals surface area (Å²) >= 11 is 0. The number of carbonyl (C=O) groups is 1. The summed E-state index contributed by atoms with van der Waals surface area (Å²) < 4.78 is 0. The van der Waals surface area contributed by atoms with Gasteiger partial charge in [0.2, 0.25) is 5.91 Å². The Labute approximate surface area is 104 Å². The minimum Gasteiger partial charge on any atom is -0.312 e. The van der Waals surface area contributed by atoms with E-state index in [1.54, 1.807) is 0 Å². The fourth-order valence-corrected chi connectivity index (χ4v) is 1.70. The molecule has 0 radical (unpaired) electrons. The second-order valence-electron chi connectivity index (χ2n) is 5.75. The Bertz CT molecular complexity index is 241. The van der Waals surface area contributed by atoms with Crippen LogP contribution in [0.2, 0.25) is 0 Å². The van der Waals surface area contributed by atoms with E-state index in [1.165, 1.54) is 0 Å². The van der Waals surface area contributed by atoms with E-state index in [0.29, 0.717) is 6.42 Å². The summed E-state index contributed by atoms with van der Waals surface area (Å²) in [5.74, 6) is 0.103. The maximum atomic E-state index is 11.7. The minimum absolute atomic E-state index is 0.0775. The Hall–Kier alpha value is -0.650. The molecule has 0 saturated carbocycles. The molecule has 1 saturated heterocycles. The van der Waals surface area contributed by atoms with Crippen LogP contribution in [0, 0.1) is 0 Å². The molecule has 0 atom stereocenters. The first-order valence-corrected chi connectivity index (χ1v) is 6.35. The van der Waals surface area contributed by atoms with Gasteiger partial charge in [-0.2, -0.15) is 0 Å². The minimum atomic E-state index is 0.0775. The second kappa shape index (κ2) is 6.33. The van der Waals surface area contributed by atoms with Crippen molar-refractivity contribution >= 4 is 5.91 Å². The molecule has 2 N–H and O–H groups in total. The first kappa shape index (κ1) is 14.4. The molecule has 0 unspecified atom stereocenters. The molecule has 5 heteroatoms. The summed E-state index contributed by atoms with van der Waals surface area (Å²) in [6.45, 7) is 10.9. The highest BCUT2D eigenvalue weighted by Gasteiger charge is 2.16. The summed E-state index contributed by atoms with van der Waals surface area (Å²) in [6, 6.07) is 0. The van der Waals surface area contributed by atoms with E-state index in [-0.39, 0.29) is 11.4 Å². The molecule has 1 aliphatic heterocycles. The number of amides is 1. The second-order valence-corrected chi connectivity index (χ2v) is 5.75. The lowest BCUT2D eigenvalue weighted by Crippen LogP contribution is -2.53. The fourth-order valence-electron chi connectivity index (χ4n) is 1.70. The van der Waals surface area contributed by atoms with Crippen LogP contribution in [0.3, 0.4) is 0 Å². The highest BCUT2D eigenvalue weighted by molar-refractivity contribution is 5.75. The van der Waals surface area contributed by atoms with Gasteiger partial charge < -0.3 is 10.2 Å². The lowest BCUT2D eigenvalue weighted by atomic mass is 10.1. The largest absolute Gasteiger partial charge is 0.312 e. The van der Waals surface area contributed by atoms with Crippen LogP contribution in [-0.2, 0) is 4.79 Å². The van der Waals surface area contributed by atoms with Crippen molar-refractivity contribution in [2.45, 2.75) is 32.7 Å². The summed E-state index contributed by atoms with van der Waals surface area (Å²) in [5.41, 5.74) is 3.03. The zero-order chi connectivity index (χ0) is 12.9. The number of hydrogen-bond donors (Lipinski definition) is 2. The van der Waals surface area contributed by atoms with Crippen molar-refractivity contribution in [3.63, 3.8) is 0 Å². The number of hydrazine groups is 1. The Morgan fingerprint density at radius 2 is 1.76 bits per heavy atom. The molecule has 0 spiro atoms. The van der Waals surface area contributed by atoms with Crippen LogP contribution < -0.4 is 10.7 Å². The van der Waals surface area contributed by atoms with E-state index in [1.807, 2.05) is 5.01 Å². The molecule has 1 aliphatic rings. The summed E-state index contributed by atoms with van der Waals surface area (Å²) in [7, 11) is 2.10. The third-order valence-corrected chi connectivity index (χ3v) is 2.79. The molecule has 0 aromatic carbocycles. The zero-order valence-electron chi connectivity index (χ0n) is 11.5.